The highest BCUT2D eigenvalue weighted by Gasteiger charge is 2.12. The van der Waals surface area contributed by atoms with Crippen LogP contribution in [0.25, 0.3) is 0 Å². The lowest BCUT2D eigenvalue weighted by Gasteiger charge is -2.14. The van der Waals surface area contributed by atoms with E-state index in [2.05, 4.69) is 13.8 Å². The zero-order valence-electron chi connectivity index (χ0n) is 20.8. The minimum Gasteiger partial charge on any atom is -0.508 e. The number of rotatable bonds is 5. The molecule has 3 N–H and O–H groups in total. The second kappa shape index (κ2) is 16.7. The van der Waals surface area contributed by atoms with Gasteiger partial charge in [-0.05, 0) is 59.6 Å². The summed E-state index contributed by atoms with van der Waals surface area (Å²) >= 11 is 0. The molecular weight excluding hydrogens is 396 g/mol. The van der Waals surface area contributed by atoms with Crippen LogP contribution in [-0.2, 0) is 12.8 Å². The van der Waals surface area contributed by atoms with Crippen molar-refractivity contribution in [3.8, 4) is 17.2 Å². The molecule has 1 atom stereocenters. The zero-order chi connectivity index (χ0) is 24.5. The number of para-hydroxylation sites is 3. The molecular formula is C29H42O3. The summed E-state index contributed by atoms with van der Waals surface area (Å²) in [5.74, 6) is 1.82. The van der Waals surface area contributed by atoms with E-state index in [1.54, 1.807) is 18.2 Å². The zero-order valence-corrected chi connectivity index (χ0v) is 20.8. The van der Waals surface area contributed by atoms with Gasteiger partial charge < -0.3 is 15.3 Å². The van der Waals surface area contributed by atoms with E-state index >= 15 is 0 Å². The van der Waals surface area contributed by atoms with Crippen LogP contribution in [0, 0.1) is 5.92 Å². The van der Waals surface area contributed by atoms with Gasteiger partial charge in [0.15, 0.2) is 0 Å². The summed E-state index contributed by atoms with van der Waals surface area (Å²) < 4.78 is 0. The molecule has 0 radical (unpaired) electrons. The number of benzene rings is 3. The van der Waals surface area contributed by atoms with Gasteiger partial charge in [-0.1, -0.05) is 103 Å². The third-order valence-electron chi connectivity index (χ3n) is 4.61. The first-order chi connectivity index (χ1) is 15.4. The molecule has 0 heterocycles. The minimum atomic E-state index is 0.171. The van der Waals surface area contributed by atoms with Crippen LogP contribution in [0.5, 0.6) is 17.2 Å². The fourth-order valence-corrected chi connectivity index (χ4v) is 3.15. The number of phenolic OH excluding ortho intramolecular Hbond substituents is 3. The van der Waals surface area contributed by atoms with Crippen molar-refractivity contribution in [2.24, 2.45) is 5.92 Å². The molecule has 0 aliphatic rings. The third kappa shape index (κ3) is 10.4. The number of aromatic hydroxyl groups is 3. The van der Waals surface area contributed by atoms with Crippen molar-refractivity contribution in [2.75, 3.05) is 0 Å². The van der Waals surface area contributed by atoms with E-state index < -0.39 is 0 Å². The van der Waals surface area contributed by atoms with Crippen molar-refractivity contribution in [1.29, 1.82) is 0 Å². The highest BCUT2D eigenvalue weighted by molar-refractivity contribution is 5.38. The fourth-order valence-electron chi connectivity index (χ4n) is 3.15. The average molecular weight is 439 g/mol. The highest BCUT2D eigenvalue weighted by Crippen LogP contribution is 2.30. The molecule has 0 saturated heterocycles. The fraction of sp³-hybridized carbons (Fsp3) is 0.379. The quantitative estimate of drug-likeness (QED) is 0.377. The van der Waals surface area contributed by atoms with Gasteiger partial charge in [-0.3, -0.25) is 0 Å². The molecule has 176 valence electrons. The Balaban J connectivity index is 0.000000555. The Morgan fingerprint density at radius 3 is 1.31 bits per heavy atom. The normalized spacial score (nSPS) is 10.5. The molecule has 3 rings (SSSR count). The van der Waals surface area contributed by atoms with Crippen molar-refractivity contribution < 1.29 is 15.3 Å². The smallest absolute Gasteiger partial charge is 0.119 e. The first kappa shape index (κ1) is 29.1. The number of hydrogen-bond acceptors (Lipinski definition) is 3. The molecule has 3 aromatic carbocycles. The van der Waals surface area contributed by atoms with Gasteiger partial charge >= 0.3 is 0 Å². The van der Waals surface area contributed by atoms with Gasteiger partial charge in [0.2, 0.25) is 0 Å². The van der Waals surface area contributed by atoms with Gasteiger partial charge in [0.1, 0.15) is 17.2 Å². The van der Waals surface area contributed by atoms with E-state index in [1.807, 2.05) is 89.2 Å². The van der Waals surface area contributed by atoms with Crippen LogP contribution in [0.2, 0.25) is 0 Å². The molecule has 0 saturated carbocycles. The van der Waals surface area contributed by atoms with Gasteiger partial charge in [-0.15, -0.1) is 0 Å². The lowest BCUT2D eigenvalue weighted by Crippen LogP contribution is -1.99. The largest absolute Gasteiger partial charge is 0.508 e. The van der Waals surface area contributed by atoms with Crippen LogP contribution in [0.4, 0.5) is 0 Å². The Morgan fingerprint density at radius 2 is 0.906 bits per heavy atom. The summed E-state index contributed by atoms with van der Waals surface area (Å²) in [5.41, 5.74) is 2.86. The Hall–Kier alpha value is -2.94. The Morgan fingerprint density at radius 1 is 0.531 bits per heavy atom. The molecule has 3 aromatic rings. The van der Waals surface area contributed by atoms with Gasteiger partial charge in [-0.2, -0.15) is 0 Å². The first-order valence-corrected chi connectivity index (χ1v) is 11.7. The molecule has 0 fully saturated rings. The van der Waals surface area contributed by atoms with E-state index in [0.29, 0.717) is 29.6 Å². The second-order valence-electron chi connectivity index (χ2n) is 7.52. The molecule has 0 spiro atoms. The van der Waals surface area contributed by atoms with Crippen molar-refractivity contribution in [2.45, 2.75) is 67.2 Å². The van der Waals surface area contributed by atoms with E-state index in [-0.39, 0.29) is 5.92 Å². The molecule has 3 heteroatoms. The minimum absolute atomic E-state index is 0.171. The summed E-state index contributed by atoms with van der Waals surface area (Å²) in [6, 6.07) is 22.1. The van der Waals surface area contributed by atoms with E-state index in [4.69, 9.17) is 0 Å². The standard InChI is InChI=1S/C15H16O2.C10H14O.2C2H6/c1-11(13-7-3-5-9-15(13)17)10-12-6-2-4-8-14(12)16;1-8(2)7-9-5-3-4-6-10(9)11;2*1-2/h2-9,11,16-17H,10H2,1H3;3-6,8,11H,7H2,1-2H3;2*1-2H3. The molecule has 0 aromatic heterocycles. The van der Waals surface area contributed by atoms with E-state index in [0.717, 1.165) is 23.1 Å². The Bertz CT molecular complexity index is 872. The molecule has 1 unspecified atom stereocenters. The van der Waals surface area contributed by atoms with Gasteiger partial charge in [0.25, 0.3) is 0 Å². The van der Waals surface area contributed by atoms with Gasteiger partial charge in [0.05, 0.1) is 0 Å². The average Bonchev–Trinajstić information content (AvgIpc) is 2.80. The topological polar surface area (TPSA) is 60.7 Å². The molecule has 0 aliphatic heterocycles. The second-order valence-corrected chi connectivity index (χ2v) is 7.52. The highest BCUT2D eigenvalue weighted by atomic mass is 16.3. The predicted octanol–water partition coefficient (Wildman–Crippen LogP) is 8.09. The molecule has 0 bridgehead atoms. The van der Waals surface area contributed by atoms with Crippen molar-refractivity contribution in [1.82, 2.24) is 0 Å². The van der Waals surface area contributed by atoms with Crippen molar-refractivity contribution >= 4 is 0 Å². The summed E-state index contributed by atoms with van der Waals surface area (Å²) in [7, 11) is 0. The van der Waals surface area contributed by atoms with Crippen LogP contribution in [0.1, 0.15) is 71.1 Å². The Kier molecular flexibility index (Phi) is 15.2. The van der Waals surface area contributed by atoms with Gasteiger partial charge in [-0.25, -0.2) is 0 Å². The number of hydrogen-bond donors (Lipinski definition) is 3. The van der Waals surface area contributed by atoms with Crippen molar-refractivity contribution in [3.05, 3.63) is 89.5 Å². The lowest BCUT2D eigenvalue weighted by molar-refractivity contribution is 0.455. The first-order valence-electron chi connectivity index (χ1n) is 11.7. The van der Waals surface area contributed by atoms with Gasteiger partial charge in [0, 0.05) is 0 Å². The molecule has 3 nitrogen and oxygen atoms in total. The number of phenols is 3. The maximum absolute atomic E-state index is 9.77. The van der Waals surface area contributed by atoms with E-state index in [1.165, 1.54) is 0 Å². The predicted molar refractivity (Wildman–Crippen MR) is 138 cm³/mol. The monoisotopic (exact) mass is 438 g/mol. The summed E-state index contributed by atoms with van der Waals surface area (Å²) in [6.07, 6.45) is 1.66. The Labute approximate surface area is 195 Å². The van der Waals surface area contributed by atoms with Crippen molar-refractivity contribution in [3.63, 3.8) is 0 Å². The van der Waals surface area contributed by atoms with Crippen LogP contribution >= 0.6 is 0 Å². The van der Waals surface area contributed by atoms with Crippen LogP contribution in [0.3, 0.4) is 0 Å². The van der Waals surface area contributed by atoms with Crippen LogP contribution in [-0.4, -0.2) is 15.3 Å². The maximum Gasteiger partial charge on any atom is 0.119 e. The van der Waals surface area contributed by atoms with Crippen LogP contribution < -0.4 is 0 Å². The molecule has 0 amide bonds. The SMILES string of the molecule is CC.CC.CC(C)Cc1ccccc1O.CC(Cc1ccccc1O)c1ccccc1O. The molecule has 32 heavy (non-hydrogen) atoms. The maximum atomic E-state index is 9.77. The van der Waals surface area contributed by atoms with Crippen LogP contribution in [0.15, 0.2) is 72.8 Å². The third-order valence-corrected chi connectivity index (χ3v) is 4.61. The van der Waals surface area contributed by atoms with E-state index in [9.17, 15) is 15.3 Å². The summed E-state index contributed by atoms with van der Waals surface area (Å²) in [5, 5.41) is 28.8. The lowest BCUT2D eigenvalue weighted by atomic mass is 9.93. The molecule has 0 aliphatic carbocycles. The summed E-state index contributed by atoms with van der Waals surface area (Å²) in [4.78, 5) is 0. The summed E-state index contributed by atoms with van der Waals surface area (Å²) in [6.45, 7) is 14.3.